The van der Waals surface area contributed by atoms with Gasteiger partial charge in [0, 0.05) is 68.1 Å². The summed E-state index contributed by atoms with van der Waals surface area (Å²) in [6, 6.07) is 10.2. The van der Waals surface area contributed by atoms with Crippen LogP contribution in [-0.2, 0) is 13.0 Å². The molecule has 0 bridgehead atoms. The average molecular weight is 471 g/mol. The third kappa shape index (κ3) is 4.21. The number of aromatic nitrogens is 4. The lowest BCUT2D eigenvalue weighted by molar-refractivity contribution is 0.0723. The molecule has 35 heavy (non-hydrogen) atoms. The van der Waals surface area contributed by atoms with Crippen LogP contribution in [0.25, 0.3) is 22.3 Å². The van der Waals surface area contributed by atoms with Gasteiger partial charge in [-0.05, 0) is 41.5 Å². The molecule has 0 atom stereocenters. The van der Waals surface area contributed by atoms with E-state index in [-0.39, 0.29) is 18.4 Å². The van der Waals surface area contributed by atoms with E-state index in [2.05, 4.69) is 20.4 Å². The SMILES string of the molecule is CN/C=C(\C=N)c1ccc(F)c(CN2CCc3ncc(-c4ccn5nc(N)nc5c4)cc3C2=O)c1. The van der Waals surface area contributed by atoms with E-state index in [0.29, 0.717) is 40.9 Å². The van der Waals surface area contributed by atoms with Crippen molar-refractivity contribution < 1.29 is 9.18 Å². The van der Waals surface area contributed by atoms with Gasteiger partial charge in [-0.2, -0.15) is 4.98 Å². The maximum Gasteiger partial charge on any atom is 0.256 e. The Bertz CT molecular complexity index is 1490. The Morgan fingerprint density at radius 2 is 2.11 bits per heavy atom. The van der Waals surface area contributed by atoms with E-state index in [9.17, 15) is 9.18 Å². The second-order valence-electron chi connectivity index (χ2n) is 8.22. The van der Waals surface area contributed by atoms with E-state index >= 15 is 0 Å². The lowest BCUT2D eigenvalue weighted by Gasteiger charge is -2.28. The van der Waals surface area contributed by atoms with Crippen molar-refractivity contribution >= 4 is 29.3 Å². The number of anilines is 1. The number of pyridine rings is 2. The molecule has 3 aromatic heterocycles. The van der Waals surface area contributed by atoms with Gasteiger partial charge in [-0.1, -0.05) is 6.07 Å². The number of carbonyl (C=O) groups is 1. The summed E-state index contributed by atoms with van der Waals surface area (Å²) in [5, 5.41) is 14.6. The van der Waals surface area contributed by atoms with Crippen LogP contribution in [0.15, 0.2) is 55.0 Å². The predicted octanol–water partition coefficient (Wildman–Crippen LogP) is 2.92. The molecular formula is C25H23FN8O. The third-order valence-electron chi connectivity index (χ3n) is 5.99. The number of benzene rings is 1. The molecule has 10 heteroatoms. The first kappa shape index (κ1) is 22.2. The molecule has 176 valence electrons. The molecule has 0 spiro atoms. The highest BCUT2D eigenvalue weighted by Gasteiger charge is 2.27. The van der Waals surface area contributed by atoms with Gasteiger partial charge in [0.15, 0.2) is 5.65 Å². The molecule has 4 N–H and O–H groups in total. The van der Waals surface area contributed by atoms with Crippen LogP contribution in [0.2, 0.25) is 0 Å². The first-order chi connectivity index (χ1) is 17.0. The zero-order chi connectivity index (χ0) is 24.5. The largest absolute Gasteiger partial charge is 0.393 e. The Kier molecular flexibility index (Phi) is 5.69. The van der Waals surface area contributed by atoms with Gasteiger partial charge in [-0.15, -0.1) is 5.10 Å². The van der Waals surface area contributed by atoms with Crippen LogP contribution in [0.1, 0.15) is 27.2 Å². The van der Waals surface area contributed by atoms with E-state index in [4.69, 9.17) is 11.1 Å². The molecule has 1 amide bonds. The second kappa shape index (κ2) is 8.98. The first-order valence-corrected chi connectivity index (χ1v) is 11.0. The van der Waals surface area contributed by atoms with Gasteiger partial charge in [0.2, 0.25) is 5.95 Å². The summed E-state index contributed by atoms with van der Waals surface area (Å²) in [4.78, 5) is 23.7. The third-order valence-corrected chi connectivity index (χ3v) is 5.99. The van der Waals surface area contributed by atoms with Crippen molar-refractivity contribution in [1.29, 1.82) is 5.41 Å². The van der Waals surface area contributed by atoms with E-state index in [1.54, 1.807) is 47.2 Å². The zero-order valence-electron chi connectivity index (χ0n) is 19.0. The molecule has 0 saturated heterocycles. The van der Waals surface area contributed by atoms with Crippen LogP contribution in [0.5, 0.6) is 0 Å². The van der Waals surface area contributed by atoms with Crippen LogP contribution in [0.4, 0.5) is 10.3 Å². The topological polar surface area (TPSA) is 125 Å². The number of fused-ring (bicyclic) bond motifs is 2. The standard InChI is InChI=1S/C25H23FN8O/c1-29-12-19(11-27)15-2-3-21(26)18(8-15)14-33-6-5-22-20(24(33)35)9-17(13-30-22)16-4-7-34-23(10-16)31-25(28)32-34/h2-4,7-13,27,29H,5-6,14H2,1H3,(H2,28,32)/b19-12+,27-11?. The normalized spacial score (nSPS) is 13.7. The van der Waals surface area contributed by atoms with E-state index in [1.165, 1.54) is 12.3 Å². The number of nitrogen functional groups attached to an aromatic ring is 1. The molecule has 0 unspecified atom stereocenters. The molecule has 0 saturated carbocycles. The number of halogens is 1. The Morgan fingerprint density at radius 3 is 2.91 bits per heavy atom. The van der Waals surface area contributed by atoms with Gasteiger partial charge in [0.05, 0.1) is 11.3 Å². The quantitative estimate of drug-likeness (QED) is 0.372. The van der Waals surface area contributed by atoms with E-state index < -0.39 is 5.82 Å². The van der Waals surface area contributed by atoms with Crippen molar-refractivity contribution in [2.24, 2.45) is 0 Å². The van der Waals surface area contributed by atoms with Crippen molar-refractivity contribution in [2.45, 2.75) is 13.0 Å². The molecule has 1 aliphatic rings. The van der Waals surface area contributed by atoms with Gasteiger partial charge in [-0.25, -0.2) is 8.91 Å². The van der Waals surface area contributed by atoms with Crippen molar-refractivity contribution in [3.05, 3.63) is 83.2 Å². The summed E-state index contributed by atoms with van der Waals surface area (Å²) in [5.74, 6) is -0.410. The molecule has 0 radical (unpaired) electrons. The summed E-state index contributed by atoms with van der Waals surface area (Å²) >= 11 is 0. The highest BCUT2D eigenvalue weighted by Crippen LogP contribution is 2.27. The predicted molar refractivity (Wildman–Crippen MR) is 131 cm³/mol. The Balaban J connectivity index is 1.43. The summed E-state index contributed by atoms with van der Waals surface area (Å²) in [6.45, 7) is 0.564. The van der Waals surface area contributed by atoms with Crippen LogP contribution in [0, 0.1) is 11.2 Å². The fourth-order valence-corrected chi connectivity index (χ4v) is 4.22. The van der Waals surface area contributed by atoms with Crippen LogP contribution in [-0.4, -0.2) is 50.2 Å². The maximum absolute atomic E-state index is 14.7. The number of nitrogens with one attached hydrogen (secondary N) is 2. The highest BCUT2D eigenvalue weighted by molar-refractivity contribution is 6.08. The number of nitrogens with zero attached hydrogens (tertiary/aromatic N) is 5. The lowest BCUT2D eigenvalue weighted by Crippen LogP contribution is -2.37. The van der Waals surface area contributed by atoms with Crippen molar-refractivity contribution in [1.82, 2.24) is 29.8 Å². The van der Waals surface area contributed by atoms with Gasteiger partial charge in [0.25, 0.3) is 5.91 Å². The van der Waals surface area contributed by atoms with Crippen LogP contribution >= 0.6 is 0 Å². The number of hydrogen-bond donors (Lipinski definition) is 3. The number of hydrogen-bond acceptors (Lipinski definition) is 7. The van der Waals surface area contributed by atoms with Crippen molar-refractivity contribution in [2.75, 3.05) is 19.3 Å². The second-order valence-corrected chi connectivity index (χ2v) is 8.22. The van der Waals surface area contributed by atoms with Gasteiger partial charge in [0.1, 0.15) is 5.82 Å². The monoisotopic (exact) mass is 470 g/mol. The Morgan fingerprint density at radius 1 is 1.26 bits per heavy atom. The zero-order valence-corrected chi connectivity index (χ0v) is 19.0. The van der Waals surface area contributed by atoms with E-state index in [0.717, 1.165) is 16.8 Å². The Hall–Kier alpha value is -4.60. The maximum atomic E-state index is 14.7. The number of amides is 1. The summed E-state index contributed by atoms with van der Waals surface area (Å²) in [7, 11) is 1.74. The molecule has 1 aliphatic heterocycles. The first-order valence-electron chi connectivity index (χ1n) is 11.0. The molecular weight excluding hydrogens is 447 g/mol. The molecule has 0 aliphatic carbocycles. The highest BCUT2D eigenvalue weighted by atomic mass is 19.1. The summed E-state index contributed by atoms with van der Waals surface area (Å²) < 4.78 is 16.2. The van der Waals surface area contributed by atoms with Gasteiger partial charge < -0.3 is 21.4 Å². The molecule has 5 rings (SSSR count). The molecule has 0 fully saturated rings. The number of carbonyl (C=O) groups excluding carboxylic acids is 1. The summed E-state index contributed by atoms with van der Waals surface area (Å²) in [5.41, 5.74) is 10.8. The molecule has 1 aromatic carbocycles. The molecule has 4 heterocycles. The van der Waals surface area contributed by atoms with Crippen molar-refractivity contribution in [3.8, 4) is 11.1 Å². The van der Waals surface area contributed by atoms with E-state index in [1.807, 2.05) is 18.2 Å². The summed E-state index contributed by atoms with van der Waals surface area (Å²) in [6.07, 6.45) is 6.94. The Labute approximate surface area is 200 Å². The minimum atomic E-state index is -0.395. The number of nitrogens with two attached hydrogens (primary N) is 1. The minimum Gasteiger partial charge on any atom is -0.393 e. The minimum absolute atomic E-state index is 0.123. The lowest BCUT2D eigenvalue weighted by atomic mass is 9.99. The van der Waals surface area contributed by atoms with Gasteiger partial charge >= 0.3 is 0 Å². The molecule has 9 nitrogen and oxygen atoms in total. The van der Waals surface area contributed by atoms with Crippen LogP contribution < -0.4 is 11.1 Å². The van der Waals surface area contributed by atoms with Crippen molar-refractivity contribution in [3.63, 3.8) is 0 Å². The number of allylic oxidation sites excluding steroid dienone is 1. The molecule has 4 aromatic rings. The average Bonchev–Trinajstić information content (AvgIpc) is 3.24. The smallest absolute Gasteiger partial charge is 0.256 e. The number of rotatable bonds is 6. The fourth-order valence-electron chi connectivity index (χ4n) is 4.22. The van der Waals surface area contributed by atoms with Gasteiger partial charge in [-0.3, -0.25) is 9.78 Å². The van der Waals surface area contributed by atoms with Crippen LogP contribution in [0.3, 0.4) is 0 Å². The fraction of sp³-hybridized carbons (Fsp3) is 0.160.